The molecule has 0 unspecified atom stereocenters. The Hall–Kier alpha value is 3.33. The van der Waals surface area contributed by atoms with E-state index >= 15 is 0 Å². The van der Waals surface area contributed by atoms with E-state index in [-0.39, 0.29) is 117 Å². The first-order chi connectivity index (χ1) is 2.00. The molecule has 0 bridgehead atoms. The van der Waals surface area contributed by atoms with E-state index in [9.17, 15) is 0 Å². The average Bonchev–Trinajstić information content (AvgIpc) is 0.722. The van der Waals surface area contributed by atoms with Crippen LogP contribution >= 0.6 is 7.82 Å². The van der Waals surface area contributed by atoms with Gasteiger partial charge >= 0.3 is 75.1 Å². The second-order valence-corrected chi connectivity index (χ2v) is 1.54. The fraction of sp³-hybridized carbons (Fsp3) is 0. The van der Waals surface area contributed by atoms with Crippen molar-refractivity contribution in [3.63, 3.8) is 0 Å². The number of hydrogen-bond acceptors (Lipinski definition) is 1. The van der Waals surface area contributed by atoms with Gasteiger partial charge in [-0.15, -0.1) is 0 Å². The van der Waals surface area contributed by atoms with Gasteiger partial charge in [0.15, 0.2) is 0 Å². The van der Waals surface area contributed by atoms with Gasteiger partial charge in [0.25, 0.3) is 0 Å². The van der Waals surface area contributed by atoms with E-state index in [0.29, 0.717) is 0 Å². The van der Waals surface area contributed by atoms with Crippen molar-refractivity contribution in [3.05, 3.63) is 0 Å². The topological polar surface area (TPSA) is 141 Å². The van der Waals surface area contributed by atoms with Crippen molar-refractivity contribution in [1.29, 1.82) is 0 Å². The van der Waals surface area contributed by atoms with Gasteiger partial charge in [-0.1, -0.05) is 0 Å². The SMILES string of the molecule is O.O.O=P(O)(O)O.[Ca+2].[Fe].[H-].[H-].[H-].[Mn].[Na+]. The average molecular weight is 311 g/mol. The molecule has 0 heterocycles. The van der Waals surface area contributed by atoms with E-state index in [2.05, 4.69) is 0 Å². The first kappa shape index (κ1) is 47.4. The molecule has 0 aliphatic heterocycles. The molecule has 0 atom stereocenters. The fourth-order valence-corrected chi connectivity index (χ4v) is 0. The van der Waals surface area contributed by atoms with Gasteiger partial charge in [-0.3, -0.25) is 0 Å². The van der Waals surface area contributed by atoms with Crippen LogP contribution < -0.4 is 29.6 Å². The van der Waals surface area contributed by atoms with E-state index in [0.717, 1.165) is 0 Å². The Morgan fingerprint density at radius 3 is 1.09 bits per heavy atom. The van der Waals surface area contributed by atoms with Gasteiger partial charge in [0.2, 0.25) is 0 Å². The van der Waals surface area contributed by atoms with Crippen LogP contribution in [0.3, 0.4) is 0 Å². The number of hydrogen-bond donors (Lipinski definition) is 3. The quantitative estimate of drug-likeness (QED) is 0.303. The van der Waals surface area contributed by atoms with Crippen LogP contribution in [0.25, 0.3) is 0 Å². The molecule has 11 heavy (non-hydrogen) atoms. The molecule has 69 valence electrons. The second kappa shape index (κ2) is 23.3. The summed E-state index contributed by atoms with van der Waals surface area (Å²) in [5.41, 5.74) is 0. The Balaban J connectivity index is -0.00000000222. The molecule has 0 aromatic carbocycles. The predicted octanol–water partition coefficient (Wildman–Crippen LogP) is -5.62. The minimum absolute atomic E-state index is 0. The molecule has 6 nitrogen and oxygen atoms in total. The van der Waals surface area contributed by atoms with Crippen LogP contribution in [-0.4, -0.2) is 63.4 Å². The van der Waals surface area contributed by atoms with Crippen LogP contribution in [0.15, 0.2) is 0 Å². The number of rotatable bonds is 0. The van der Waals surface area contributed by atoms with E-state index in [1.54, 1.807) is 0 Å². The monoisotopic (exact) mass is 311 g/mol. The summed E-state index contributed by atoms with van der Waals surface area (Å²) in [7, 11) is -4.64. The molecule has 0 saturated carbocycles. The third kappa shape index (κ3) is 154. The summed E-state index contributed by atoms with van der Waals surface area (Å²) in [6.45, 7) is 0. The molecule has 0 aromatic rings. The van der Waals surface area contributed by atoms with Crippen molar-refractivity contribution in [2.24, 2.45) is 0 Å². The second-order valence-electron chi connectivity index (χ2n) is 0.513. The molecule has 0 aromatic heterocycles. The van der Waals surface area contributed by atoms with Crippen LogP contribution in [-0.2, 0) is 38.7 Å². The van der Waals surface area contributed by atoms with E-state index < -0.39 is 7.82 Å². The maximum Gasteiger partial charge on any atom is 2.00 e. The summed E-state index contributed by atoms with van der Waals surface area (Å²) < 4.78 is 8.88. The van der Waals surface area contributed by atoms with Crippen LogP contribution in [0.1, 0.15) is 4.28 Å². The van der Waals surface area contributed by atoms with E-state index in [4.69, 9.17) is 19.2 Å². The van der Waals surface area contributed by atoms with Gasteiger partial charge < -0.3 is 29.9 Å². The molecule has 0 spiro atoms. The molecular formula is H10CaFeMnNaO6P. The van der Waals surface area contributed by atoms with Crippen LogP contribution in [0, 0.1) is 0 Å². The molecular weight excluding hydrogens is 301 g/mol. The standard InChI is InChI=1S/Ca.Fe.Mn.Na.H3O4P.2H2O.3H/c;;;;1-5(2,3)4;;;;;/h;;;;(H3,1,2,3,4);2*1H2;;;/q+2;;;+1;;;;3*-1. The molecule has 0 aliphatic carbocycles. The molecule has 0 saturated heterocycles. The van der Waals surface area contributed by atoms with Gasteiger partial charge in [-0.25, -0.2) is 4.57 Å². The smallest absolute Gasteiger partial charge is 1.00 e. The minimum Gasteiger partial charge on any atom is -1.00 e. The molecule has 11 heteroatoms. The zero-order chi connectivity index (χ0) is 4.50. The summed E-state index contributed by atoms with van der Waals surface area (Å²) in [6, 6.07) is 0. The van der Waals surface area contributed by atoms with Gasteiger partial charge in [-0.2, -0.15) is 0 Å². The maximum absolute atomic E-state index is 8.88. The molecule has 0 rings (SSSR count). The summed E-state index contributed by atoms with van der Waals surface area (Å²) in [6.07, 6.45) is 0. The van der Waals surface area contributed by atoms with E-state index in [1.165, 1.54) is 0 Å². The summed E-state index contributed by atoms with van der Waals surface area (Å²) in [5.74, 6) is 0. The van der Waals surface area contributed by atoms with Crippen molar-refractivity contribution < 1.29 is 98.2 Å². The van der Waals surface area contributed by atoms with Crippen molar-refractivity contribution in [3.8, 4) is 0 Å². The van der Waals surface area contributed by atoms with Gasteiger partial charge in [0.1, 0.15) is 0 Å². The van der Waals surface area contributed by atoms with Crippen LogP contribution in [0.2, 0.25) is 0 Å². The Labute approximate surface area is 141 Å². The third-order valence-corrected chi connectivity index (χ3v) is 0. The van der Waals surface area contributed by atoms with Crippen LogP contribution in [0.4, 0.5) is 0 Å². The first-order valence-corrected chi connectivity index (χ1v) is 2.35. The van der Waals surface area contributed by atoms with Crippen LogP contribution in [0.5, 0.6) is 0 Å². The zero-order valence-electron chi connectivity index (χ0n) is 8.64. The van der Waals surface area contributed by atoms with Gasteiger partial charge in [0, 0.05) is 34.1 Å². The molecule has 0 fully saturated rings. The zero-order valence-corrected chi connectivity index (χ0v) is 13.0. The molecule has 0 aliphatic rings. The molecule has 1 radical (unpaired) electrons. The summed E-state index contributed by atoms with van der Waals surface area (Å²) >= 11 is 0. The summed E-state index contributed by atoms with van der Waals surface area (Å²) in [4.78, 5) is 21.6. The predicted molar refractivity (Wildman–Crippen MR) is 30.6 cm³/mol. The Kier molecular flexibility index (Phi) is 100. The third-order valence-electron chi connectivity index (χ3n) is 0. The normalized spacial score (nSPS) is 5.36. The summed E-state index contributed by atoms with van der Waals surface area (Å²) in [5, 5.41) is 0. The largest absolute Gasteiger partial charge is 2.00 e. The van der Waals surface area contributed by atoms with Gasteiger partial charge in [-0.05, 0) is 0 Å². The Bertz CT molecular complexity index is 79.2. The Morgan fingerprint density at radius 2 is 1.09 bits per heavy atom. The van der Waals surface area contributed by atoms with Crippen molar-refractivity contribution in [2.45, 2.75) is 0 Å². The minimum atomic E-state index is -4.64. The number of phosphoric acid groups is 1. The maximum atomic E-state index is 8.88. The van der Waals surface area contributed by atoms with E-state index in [1.807, 2.05) is 0 Å². The Morgan fingerprint density at radius 1 is 1.09 bits per heavy atom. The fourth-order valence-electron chi connectivity index (χ4n) is 0. The van der Waals surface area contributed by atoms with Gasteiger partial charge in [0.05, 0.1) is 0 Å². The first-order valence-electron chi connectivity index (χ1n) is 0.783. The van der Waals surface area contributed by atoms with Crippen molar-refractivity contribution in [2.75, 3.05) is 0 Å². The molecule has 0 amide bonds. The molecule has 7 N–H and O–H groups in total. The van der Waals surface area contributed by atoms with Crippen molar-refractivity contribution in [1.82, 2.24) is 0 Å². The van der Waals surface area contributed by atoms with Crippen molar-refractivity contribution >= 4 is 45.6 Å².